The number of carbonyl (C=O) groups excluding carboxylic acids is 1. The van der Waals surface area contributed by atoms with Gasteiger partial charge in [-0.15, -0.1) is 0 Å². The maximum atomic E-state index is 12.4. The van der Waals surface area contributed by atoms with Crippen molar-refractivity contribution in [2.75, 3.05) is 13.7 Å². The molecule has 0 heterocycles. The van der Waals surface area contributed by atoms with Gasteiger partial charge in [-0.25, -0.2) is 13.2 Å². The lowest BCUT2D eigenvalue weighted by atomic mass is 10.1. The van der Waals surface area contributed by atoms with E-state index in [2.05, 4.69) is 10.0 Å². The zero-order valence-corrected chi connectivity index (χ0v) is 17.9. The van der Waals surface area contributed by atoms with E-state index >= 15 is 0 Å². The summed E-state index contributed by atoms with van der Waals surface area (Å²) in [5.41, 5.74) is 0.867. The third-order valence-corrected chi connectivity index (χ3v) is 5.85. The van der Waals surface area contributed by atoms with Gasteiger partial charge in [-0.1, -0.05) is 30.3 Å². The lowest BCUT2D eigenvalue weighted by Crippen LogP contribution is -2.40. The topological polar surface area (TPSA) is 131 Å². The highest BCUT2D eigenvalue weighted by molar-refractivity contribution is 7.89. The van der Waals surface area contributed by atoms with Crippen LogP contribution in [-0.2, 0) is 26.2 Å². The second-order valence-corrected chi connectivity index (χ2v) is 8.39. The van der Waals surface area contributed by atoms with Crippen LogP contribution in [0.2, 0.25) is 0 Å². The van der Waals surface area contributed by atoms with E-state index in [1.54, 1.807) is 0 Å². The Morgan fingerprint density at radius 2 is 1.71 bits per heavy atom. The molecule has 0 bridgehead atoms. The van der Waals surface area contributed by atoms with Gasteiger partial charge in [0.15, 0.2) is 0 Å². The van der Waals surface area contributed by atoms with Gasteiger partial charge in [0.05, 0.1) is 12.0 Å². The highest BCUT2D eigenvalue weighted by Gasteiger charge is 2.25. The molecular formula is C21H26N2O7S. The molecule has 0 aliphatic carbocycles. The number of methoxy groups -OCH3 is 1. The van der Waals surface area contributed by atoms with Gasteiger partial charge >= 0.3 is 12.1 Å². The predicted molar refractivity (Wildman–Crippen MR) is 113 cm³/mol. The zero-order valence-electron chi connectivity index (χ0n) is 17.1. The van der Waals surface area contributed by atoms with Crippen molar-refractivity contribution in [2.45, 2.75) is 36.8 Å². The largest absolute Gasteiger partial charge is 0.497 e. The number of aliphatic carboxylic acids is 1. The van der Waals surface area contributed by atoms with Crippen molar-refractivity contribution in [3.63, 3.8) is 0 Å². The lowest BCUT2D eigenvalue weighted by molar-refractivity contribution is -0.139. The van der Waals surface area contributed by atoms with E-state index in [1.807, 2.05) is 30.3 Å². The van der Waals surface area contributed by atoms with Crippen LogP contribution < -0.4 is 14.8 Å². The number of sulfonamides is 1. The van der Waals surface area contributed by atoms with Gasteiger partial charge in [0.25, 0.3) is 0 Å². The molecule has 3 N–H and O–H groups in total. The van der Waals surface area contributed by atoms with E-state index in [9.17, 15) is 23.1 Å². The Morgan fingerprint density at radius 1 is 1.03 bits per heavy atom. The molecular weight excluding hydrogens is 424 g/mol. The van der Waals surface area contributed by atoms with Gasteiger partial charge in [-0.05, 0) is 49.1 Å². The normalized spacial score (nSPS) is 12.0. The molecule has 2 aromatic rings. The molecule has 9 nitrogen and oxygen atoms in total. The Balaban J connectivity index is 1.74. The van der Waals surface area contributed by atoms with E-state index in [0.717, 1.165) is 5.56 Å². The summed E-state index contributed by atoms with van der Waals surface area (Å²) in [7, 11) is -2.54. The minimum absolute atomic E-state index is 0.0534. The van der Waals surface area contributed by atoms with Crippen LogP contribution in [0.15, 0.2) is 59.5 Å². The number of carboxylic acid groups (broad SMARTS) is 1. The number of hydrogen-bond acceptors (Lipinski definition) is 6. The number of carbonyl (C=O) groups is 2. The number of amides is 1. The predicted octanol–water partition coefficient (Wildman–Crippen LogP) is 2.52. The average Bonchev–Trinajstić information content (AvgIpc) is 2.77. The fraction of sp³-hybridized carbons (Fsp3) is 0.333. The zero-order chi connectivity index (χ0) is 22.7. The molecule has 2 rings (SSSR count). The number of carboxylic acids is 1. The second-order valence-electron chi connectivity index (χ2n) is 6.67. The number of rotatable bonds is 12. The molecule has 10 heteroatoms. The molecule has 0 aliphatic heterocycles. The van der Waals surface area contributed by atoms with Crippen molar-refractivity contribution in [2.24, 2.45) is 0 Å². The molecule has 1 amide bonds. The Morgan fingerprint density at radius 3 is 2.32 bits per heavy atom. The Hall–Kier alpha value is -3.11. The highest BCUT2D eigenvalue weighted by Crippen LogP contribution is 2.16. The Kier molecular flexibility index (Phi) is 9.29. The van der Waals surface area contributed by atoms with Gasteiger partial charge in [-0.2, -0.15) is 4.72 Å². The first kappa shape index (κ1) is 24.2. The first-order valence-corrected chi connectivity index (χ1v) is 11.1. The van der Waals surface area contributed by atoms with E-state index in [4.69, 9.17) is 9.47 Å². The molecule has 0 spiro atoms. The van der Waals surface area contributed by atoms with Crippen molar-refractivity contribution < 1.29 is 32.6 Å². The monoisotopic (exact) mass is 450 g/mol. The fourth-order valence-corrected chi connectivity index (χ4v) is 3.90. The van der Waals surface area contributed by atoms with Crippen LogP contribution in [0.5, 0.6) is 5.75 Å². The van der Waals surface area contributed by atoms with Gasteiger partial charge in [0.1, 0.15) is 18.4 Å². The molecule has 0 fully saturated rings. The number of benzene rings is 2. The van der Waals surface area contributed by atoms with Gasteiger partial charge in [0.2, 0.25) is 10.0 Å². The Labute approximate surface area is 181 Å². The van der Waals surface area contributed by atoms with Crippen LogP contribution in [0, 0.1) is 0 Å². The summed E-state index contributed by atoms with van der Waals surface area (Å²) in [5, 5.41) is 11.9. The first-order chi connectivity index (χ1) is 14.8. The number of nitrogens with one attached hydrogen (secondary N) is 2. The van der Waals surface area contributed by atoms with E-state index in [0.29, 0.717) is 18.6 Å². The minimum atomic E-state index is -4.00. The van der Waals surface area contributed by atoms with Crippen LogP contribution in [0.4, 0.5) is 4.79 Å². The third-order valence-electron chi connectivity index (χ3n) is 4.37. The van der Waals surface area contributed by atoms with Crippen LogP contribution in [0.3, 0.4) is 0 Å². The van der Waals surface area contributed by atoms with Gasteiger partial charge < -0.3 is 19.9 Å². The number of alkyl carbamates (subject to hydrolysis) is 1. The molecule has 0 saturated carbocycles. The third kappa shape index (κ3) is 8.27. The molecule has 0 radical (unpaired) electrons. The summed E-state index contributed by atoms with van der Waals surface area (Å²) in [6.45, 7) is 0.437. The molecule has 31 heavy (non-hydrogen) atoms. The van der Waals surface area contributed by atoms with Crippen molar-refractivity contribution in [3.05, 3.63) is 60.2 Å². The maximum Gasteiger partial charge on any atom is 0.407 e. The summed E-state index contributed by atoms with van der Waals surface area (Å²) in [6, 6.07) is 13.6. The quantitative estimate of drug-likeness (QED) is 0.424. The summed E-state index contributed by atoms with van der Waals surface area (Å²) >= 11 is 0. The summed E-state index contributed by atoms with van der Waals surface area (Å²) in [6.07, 6.45) is 0.361. The number of hydrogen-bond donors (Lipinski definition) is 3. The molecule has 0 unspecified atom stereocenters. The summed E-state index contributed by atoms with van der Waals surface area (Å²) in [5.74, 6) is -0.782. The number of ether oxygens (including phenoxy) is 2. The SMILES string of the molecule is COc1ccc(S(=O)(=O)N[C@H](CCCCNC(=O)OCc2ccccc2)C(=O)O)cc1. The maximum absolute atomic E-state index is 12.4. The molecule has 168 valence electrons. The van der Waals surface area contributed by atoms with Gasteiger partial charge in [0, 0.05) is 6.54 Å². The summed E-state index contributed by atoms with van der Waals surface area (Å²) < 4.78 is 37.1. The smallest absolute Gasteiger partial charge is 0.407 e. The standard InChI is InChI=1S/C21H26N2O7S/c1-29-17-10-12-18(13-11-17)31(27,28)23-19(20(24)25)9-5-6-14-22-21(26)30-15-16-7-3-2-4-8-16/h2-4,7-8,10-13,19,23H,5-6,9,14-15H2,1H3,(H,22,26)(H,24,25)/t19-/m1/s1. The van der Waals surface area contributed by atoms with Crippen molar-refractivity contribution in [1.82, 2.24) is 10.0 Å². The van der Waals surface area contributed by atoms with Crippen molar-refractivity contribution in [3.8, 4) is 5.75 Å². The van der Waals surface area contributed by atoms with Crippen LogP contribution >= 0.6 is 0 Å². The lowest BCUT2D eigenvalue weighted by Gasteiger charge is -2.15. The summed E-state index contributed by atoms with van der Waals surface area (Å²) in [4.78, 5) is 23.1. The molecule has 0 aliphatic rings. The van der Waals surface area contributed by atoms with Crippen LogP contribution in [0.25, 0.3) is 0 Å². The van der Waals surface area contributed by atoms with Gasteiger partial charge in [-0.3, -0.25) is 4.79 Å². The Bertz CT molecular complexity index is 947. The molecule has 1 atom stereocenters. The van der Waals surface area contributed by atoms with Crippen LogP contribution in [0.1, 0.15) is 24.8 Å². The number of unbranched alkanes of at least 4 members (excludes halogenated alkanes) is 1. The highest BCUT2D eigenvalue weighted by atomic mass is 32.2. The fourth-order valence-electron chi connectivity index (χ4n) is 2.68. The molecule has 0 saturated heterocycles. The van der Waals surface area contributed by atoms with E-state index in [1.165, 1.54) is 31.4 Å². The average molecular weight is 451 g/mol. The van der Waals surface area contributed by atoms with E-state index in [-0.39, 0.29) is 24.5 Å². The molecule has 0 aromatic heterocycles. The second kappa shape index (κ2) is 11.9. The van der Waals surface area contributed by atoms with E-state index < -0.39 is 28.1 Å². The minimum Gasteiger partial charge on any atom is -0.497 e. The molecule has 2 aromatic carbocycles. The van der Waals surface area contributed by atoms with Crippen molar-refractivity contribution >= 4 is 22.1 Å². The first-order valence-electron chi connectivity index (χ1n) is 9.65. The van der Waals surface area contributed by atoms with Crippen LogP contribution in [-0.4, -0.2) is 45.3 Å². The van der Waals surface area contributed by atoms with Crippen molar-refractivity contribution in [1.29, 1.82) is 0 Å².